The number of hydrogen-bond donors (Lipinski definition) is 0. The molecule has 0 unspecified atom stereocenters. The summed E-state index contributed by atoms with van der Waals surface area (Å²) in [6, 6.07) is 6.51. The zero-order valence-electron chi connectivity index (χ0n) is 16.2. The van der Waals surface area contributed by atoms with Crippen molar-refractivity contribution in [1.82, 2.24) is 9.97 Å². The molecule has 1 fully saturated rings. The number of hydrogen-bond acceptors (Lipinski definition) is 8. The van der Waals surface area contributed by atoms with Crippen LogP contribution in [-0.4, -0.2) is 40.6 Å². The van der Waals surface area contributed by atoms with Crippen LogP contribution in [-0.2, 0) is 9.53 Å². The third kappa shape index (κ3) is 3.95. The molecule has 8 nitrogen and oxygen atoms in total. The maximum Gasteiger partial charge on any atom is 0.309 e. The van der Waals surface area contributed by atoms with Crippen LogP contribution in [0.25, 0.3) is 21.3 Å². The van der Waals surface area contributed by atoms with Crippen LogP contribution in [0, 0.1) is 16.0 Å². The van der Waals surface area contributed by atoms with Gasteiger partial charge in [-0.15, -0.1) is 11.3 Å². The minimum Gasteiger partial charge on any atom is -0.466 e. The van der Waals surface area contributed by atoms with E-state index in [-0.39, 0.29) is 22.9 Å². The Morgan fingerprint density at radius 3 is 2.83 bits per heavy atom. The van der Waals surface area contributed by atoms with E-state index in [0.717, 1.165) is 21.3 Å². The maximum absolute atomic E-state index is 12.1. The third-order valence-electron chi connectivity index (χ3n) is 5.17. The Morgan fingerprint density at radius 2 is 2.13 bits per heavy atom. The summed E-state index contributed by atoms with van der Waals surface area (Å²) in [4.78, 5) is 34.5. The van der Waals surface area contributed by atoms with E-state index in [1.165, 1.54) is 17.4 Å². The highest BCUT2D eigenvalue weighted by molar-refractivity contribution is 7.17. The largest absolute Gasteiger partial charge is 0.466 e. The van der Waals surface area contributed by atoms with E-state index in [2.05, 4.69) is 14.9 Å². The first-order valence-corrected chi connectivity index (χ1v) is 10.8. The zero-order valence-corrected chi connectivity index (χ0v) is 17.8. The summed E-state index contributed by atoms with van der Waals surface area (Å²) in [7, 11) is 0. The molecule has 0 aliphatic carbocycles. The number of anilines is 1. The summed E-state index contributed by atoms with van der Waals surface area (Å²) in [5.41, 5.74) is 1.58. The molecule has 1 aromatic carbocycles. The van der Waals surface area contributed by atoms with Gasteiger partial charge in [0.1, 0.15) is 10.6 Å². The van der Waals surface area contributed by atoms with Crippen molar-refractivity contribution >= 4 is 50.6 Å². The second-order valence-electron chi connectivity index (χ2n) is 6.97. The summed E-state index contributed by atoms with van der Waals surface area (Å²) < 4.78 is 5.15. The summed E-state index contributed by atoms with van der Waals surface area (Å²) in [5.74, 6) is 0.415. The molecule has 30 heavy (non-hydrogen) atoms. The molecule has 0 radical (unpaired) electrons. The molecule has 0 spiro atoms. The SMILES string of the molecule is CCOC(=O)C1CCN(c2nc(Cl)nc3scc(-c4cccc([N+](=O)[O-])c4)c23)CC1. The molecule has 1 saturated heterocycles. The number of rotatable bonds is 5. The second kappa shape index (κ2) is 8.53. The lowest BCUT2D eigenvalue weighted by atomic mass is 9.96. The van der Waals surface area contributed by atoms with Crippen LogP contribution in [0.15, 0.2) is 29.6 Å². The highest BCUT2D eigenvalue weighted by atomic mass is 35.5. The van der Waals surface area contributed by atoms with E-state index in [0.29, 0.717) is 38.4 Å². The Kier molecular flexibility index (Phi) is 5.83. The highest BCUT2D eigenvalue weighted by Crippen LogP contribution is 2.40. The Morgan fingerprint density at radius 1 is 1.37 bits per heavy atom. The monoisotopic (exact) mass is 446 g/mol. The molecule has 1 aliphatic heterocycles. The Balaban J connectivity index is 1.71. The van der Waals surface area contributed by atoms with Crippen molar-refractivity contribution < 1.29 is 14.5 Å². The third-order valence-corrected chi connectivity index (χ3v) is 6.21. The molecule has 156 valence electrons. The Bertz CT molecular complexity index is 1110. The number of piperidine rings is 1. The molecule has 0 N–H and O–H groups in total. The highest BCUT2D eigenvalue weighted by Gasteiger charge is 2.29. The van der Waals surface area contributed by atoms with E-state index in [1.807, 2.05) is 11.4 Å². The molecule has 2 aromatic heterocycles. The molecular formula is C20H19ClN4O4S. The van der Waals surface area contributed by atoms with E-state index < -0.39 is 4.92 Å². The molecule has 10 heteroatoms. The summed E-state index contributed by atoms with van der Waals surface area (Å²) in [5, 5.41) is 14.1. The predicted molar refractivity (Wildman–Crippen MR) is 116 cm³/mol. The number of nitrogens with zero attached hydrogens (tertiary/aromatic N) is 4. The van der Waals surface area contributed by atoms with Gasteiger partial charge in [-0.2, -0.15) is 4.98 Å². The first-order chi connectivity index (χ1) is 14.5. The first kappa shape index (κ1) is 20.5. The molecule has 0 amide bonds. The number of fused-ring (bicyclic) bond motifs is 1. The van der Waals surface area contributed by atoms with Crippen molar-refractivity contribution in [2.45, 2.75) is 19.8 Å². The fourth-order valence-electron chi connectivity index (χ4n) is 3.71. The van der Waals surface area contributed by atoms with Gasteiger partial charge in [-0.1, -0.05) is 12.1 Å². The summed E-state index contributed by atoms with van der Waals surface area (Å²) in [6.07, 6.45) is 1.33. The van der Waals surface area contributed by atoms with Crippen molar-refractivity contribution in [3.63, 3.8) is 0 Å². The van der Waals surface area contributed by atoms with Gasteiger partial charge in [-0.05, 0) is 36.9 Å². The van der Waals surface area contributed by atoms with Crippen LogP contribution in [0.2, 0.25) is 5.28 Å². The Labute approximate surface area is 181 Å². The zero-order chi connectivity index (χ0) is 21.3. The number of carbonyl (C=O) groups excluding carboxylic acids is 1. The van der Waals surface area contributed by atoms with Gasteiger partial charge in [0.25, 0.3) is 5.69 Å². The van der Waals surface area contributed by atoms with Crippen molar-refractivity contribution in [2.24, 2.45) is 5.92 Å². The molecule has 3 heterocycles. The smallest absolute Gasteiger partial charge is 0.309 e. The summed E-state index contributed by atoms with van der Waals surface area (Å²) in [6.45, 7) is 3.45. The van der Waals surface area contributed by atoms with E-state index in [4.69, 9.17) is 16.3 Å². The number of benzene rings is 1. The fraction of sp³-hybridized carbons (Fsp3) is 0.350. The van der Waals surface area contributed by atoms with E-state index >= 15 is 0 Å². The lowest BCUT2D eigenvalue weighted by Gasteiger charge is -2.32. The van der Waals surface area contributed by atoms with Gasteiger partial charge >= 0.3 is 5.97 Å². The average Bonchev–Trinajstić information content (AvgIpc) is 3.17. The topological polar surface area (TPSA) is 98.5 Å². The van der Waals surface area contributed by atoms with Crippen molar-refractivity contribution in [1.29, 1.82) is 0 Å². The van der Waals surface area contributed by atoms with Crippen LogP contribution in [0.5, 0.6) is 0 Å². The molecule has 0 saturated carbocycles. The minimum absolute atomic E-state index is 0.0264. The Hall–Kier alpha value is -2.78. The summed E-state index contributed by atoms with van der Waals surface area (Å²) >= 11 is 7.60. The molecule has 0 bridgehead atoms. The normalized spacial score (nSPS) is 14.8. The number of thiophene rings is 1. The molecule has 0 atom stereocenters. The lowest BCUT2D eigenvalue weighted by Crippen LogP contribution is -2.37. The maximum atomic E-state index is 12.1. The van der Waals surface area contributed by atoms with Gasteiger partial charge in [-0.25, -0.2) is 4.98 Å². The van der Waals surface area contributed by atoms with Gasteiger partial charge in [0.15, 0.2) is 0 Å². The number of carbonyl (C=O) groups is 1. The van der Waals surface area contributed by atoms with E-state index in [9.17, 15) is 14.9 Å². The number of esters is 1. The minimum atomic E-state index is -0.410. The fourth-order valence-corrected chi connectivity index (χ4v) is 4.87. The molecular weight excluding hydrogens is 428 g/mol. The van der Waals surface area contributed by atoms with Crippen molar-refractivity contribution in [3.8, 4) is 11.1 Å². The van der Waals surface area contributed by atoms with Crippen molar-refractivity contribution in [3.05, 3.63) is 45.0 Å². The van der Waals surface area contributed by atoms with Crippen LogP contribution in [0.4, 0.5) is 11.5 Å². The lowest BCUT2D eigenvalue weighted by molar-refractivity contribution is -0.384. The van der Waals surface area contributed by atoms with Crippen LogP contribution < -0.4 is 4.90 Å². The van der Waals surface area contributed by atoms with E-state index in [1.54, 1.807) is 19.1 Å². The van der Waals surface area contributed by atoms with Gasteiger partial charge in [0.2, 0.25) is 5.28 Å². The molecule has 3 aromatic rings. The van der Waals surface area contributed by atoms with Crippen LogP contribution >= 0.6 is 22.9 Å². The average molecular weight is 447 g/mol. The molecule has 4 rings (SSSR count). The number of ether oxygens (including phenoxy) is 1. The van der Waals surface area contributed by atoms with Gasteiger partial charge in [0, 0.05) is 36.2 Å². The number of nitro groups is 1. The number of non-ortho nitro benzene ring substituents is 1. The van der Waals surface area contributed by atoms with Crippen molar-refractivity contribution in [2.75, 3.05) is 24.6 Å². The predicted octanol–water partition coefficient (Wildman–Crippen LogP) is 4.70. The van der Waals surface area contributed by atoms with Gasteiger partial charge < -0.3 is 9.64 Å². The first-order valence-electron chi connectivity index (χ1n) is 9.59. The quantitative estimate of drug-likeness (QED) is 0.242. The number of halogens is 1. The number of aromatic nitrogens is 2. The number of nitro benzene ring substituents is 1. The molecule has 1 aliphatic rings. The standard InChI is InChI=1S/C20H19ClN4O4S/c1-2-29-19(26)12-6-8-24(9-7-12)17-16-15(11-30-18(16)23-20(21)22-17)13-4-3-5-14(10-13)25(27)28/h3-5,10-12H,2,6-9H2,1H3. The van der Waals surface area contributed by atoms with Gasteiger partial charge in [-0.3, -0.25) is 14.9 Å². The van der Waals surface area contributed by atoms with Crippen LogP contribution in [0.1, 0.15) is 19.8 Å². The second-order valence-corrected chi connectivity index (χ2v) is 8.16. The van der Waals surface area contributed by atoms with Gasteiger partial charge in [0.05, 0.1) is 22.8 Å². The van der Waals surface area contributed by atoms with Crippen LogP contribution in [0.3, 0.4) is 0 Å².